The van der Waals surface area contributed by atoms with Crippen molar-refractivity contribution in [3.05, 3.63) is 66.0 Å². The maximum atomic E-state index is 14.4. The summed E-state index contributed by atoms with van der Waals surface area (Å²) in [7, 11) is 0. The Morgan fingerprint density at radius 3 is 2.74 bits per heavy atom. The summed E-state index contributed by atoms with van der Waals surface area (Å²) in [5.41, 5.74) is 1.57. The van der Waals surface area contributed by atoms with E-state index in [1.54, 1.807) is 18.2 Å². The van der Waals surface area contributed by atoms with Gasteiger partial charge in [0.05, 0.1) is 17.4 Å². The third-order valence-electron chi connectivity index (χ3n) is 5.18. The third-order valence-corrected chi connectivity index (χ3v) is 6.15. The van der Waals surface area contributed by atoms with Crippen LogP contribution >= 0.6 is 11.8 Å². The molecule has 0 aliphatic carbocycles. The van der Waals surface area contributed by atoms with Crippen molar-refractivity contribution in [2.75, 3.05) is 18.9 Å². The number of hydrogen-bond donors (Lipinski definition) is 1. The van der Waals surface area contributed by atoms with Gasteiger partial charge < -0.3 is 14.6 Å². The predicted octanol–water partition coefficient (Wildman–Crippen LogP) is 3.71. The van der Waals surface area contributed by atoms with Crippen molar-refractivity contribution in [2.24, 2.45) is 0 Å². The second kappa shape index (κ2) is 10.5. The van der Waals surface area contributed by atoms with Crippen LogP contribution in [-0.2, 0) is 22.5 Å². The van der Waals surface area contributed by atoms with Crippen LogP contribution in [0.5, 0.6) is 0 Å². The van der Waals surface area contributed by atoms with Gasteiger partial charge in [-0.15, -0.1) is 10.2 Å². The van der Waals surface area contributed by atoms with E-state index in [1.165, 1.54) is 23.4 Å². The van der Waals surface area contributed by atoms with Crippen molar-refractivity contribution in [3.63, 3.8) is 0 Å². The van der Waals surface area contributed by atoms with Gasteiger partial charge in [-0.1, -0.05) is 54.2 Å². The van der Waals surface area contributed by atoms with Gasteiger partial charge in [-0.3, -0.25) is 4.79 Å². The molecule has 1 unspecified atom stereocenters. The minimum absolute atomic E-state index is 0.0782. The highest BCUT2D eigenvalue weighted by Crippen LogP contribution is 2.26. The highest BCUT2D eigenvalue weighted by atomic mass is 32.2. The zero-order valence-electron chi connectivity index (χ0n) is 17.2. The number of aromatic nitrogens is 3. The van der Waals surface area contributed by atoms with Gasteiger partial charge in [0.25, 0.3) is 0 Å². The predicted molar refractivity (Wildman–Crippen MR) is 118 cm³/mol. The second-order valence-electron chi connectivity index (χ2n) is 7.40. The van der Waals surface area contributed by atoms with Crippen molar-refractivity contribution in [2.45, 2.75) is 37.1 Å². The molecule has 0 spiro atoms. The number of ether oxygens (including phenoxy) is 1. The van der Waals surface area contributed by atoms with E-state index >= 15 is 0 Å². The first kappa shape index (κ1) is 21.5. The number of halogens is 1. The Hall–Kier alpha value is -2.71. The topological polar surface area (TPSA) is 69.0 Å². The van der Waals surface area contributed by atoms with Crippen molar-refractivity contribution in [1.82, 2.24) is 20.1 Å². The molecule has 2 heterocycles. The van der Waals surface area contributed by atoms with Crippen molar-refractivity contribution >= 4 is 17.7 Å². The summed E-state index contributed by atoms with van der Waals surface area (Å²) >= 11 is 1.31. The molecule has 31 heavy (non-hydrogen) atoms. The Morgan fingerprint density at radius 1 is 1.16 bits per heavy atom. The van der Waals surface area contributed by atoms with Gasteiger partial charge in [0.15, 0.2) is 11.0 Å². The molecule has 2 aromatic carbocycles. The summed E-state index contributed by atoms with van der Waals surface area (Å²) in [6, 6.07) is 16.6. The Bertz CT molecular complexity index is 1010. The van der Waals surface area contributed by atoms with Crippen LogP contribution < -0.4 is 5.32 Å². The minimum Gasteiger partial charge on any atom is -0.376 e. The first-order valence-corrected chi connectivity index (χ1v) is 11.4. The lowest BCUT2D eigenvalue weighted by Crippen LogP contribution is -2.32. The molecule has 162 valence electrons. The van der Waals surface area contributed by atoms with Gasteiger partial charge in [0.2, 0.25) is 5.91 Å². The lowest BCUT2D eigenvalue weighted by molar-refractivity contribution is -0.119. The number of amides is 1. The Morgan fingerprint density at radius 2 is 1.97 bits per heavy atom. The lowest BCUT2D eigenvalue weighted by atomic mass is 10.1. The van der Waals surface area contributed by atoms with Crippen LogP contribution in [0.4, 0.5) is 4.39 Å². The highest BCUT2D eigenvalue weighted by molar-refractivity contribution is 7.99. The number of thioether (sulfide) groups is 1. The quantitative estimate of drug-likeness (QED) is 0.514. The van der Waals surface area contributed by atoms with Gasteiger partial charge in [-0.25, -0.2) is 4.39 Å². The van der Waals surface area contributed by atoms with Crippen LogP contribution in [-0.4, -0.2) is 45.7 Å². The van der Waals surface area contributed by atoms with Gasteiger partial charge in [-0.2, -0.15) is 0 Å². The van der Waals surface area contributed by atoms with Crippen LogP contribution in [0.25, 0.3) is 11.4 Å². The summed E-state index contributed by atoms with van der Waals surface area (Å²) in [6.07, 6.45) is 2.88. The molecule has 1 aliphatic heterocycles. The molecule has 1 atom stereocenters. The molecule has 0 saturated carbocycles. The minimum atomic E-state index is -0.346. The van der Waals surface area contributed by atoms with E-state index in [9.17, 15) is 9.18 Å². The second-order valence-corrected chi connectivity index (χ2v) is 8.34. The molecule has 1 saturated heterocycles. The van der Waals surface area contributed by atoms with Gasteiger partial charge >= 0.3 is 0 Å². The standard InChI is InChI=1S/C23H25FN4O2S/c24-20-11-5-4-10-19(20)22-26-27-23(28(22)13-12-17-7-2-1-3-8-17)31-16-21(29)25-15-18-9-6-14-30-18/h1-5,7-8,10-11,18H,6,9,12-16H2,(H,25,29). The molecular formula is C23H25FN4O2S. The molecule has 1 N–H and O–H groups in total. The number of aryl methyl sites for hydroxylation is 1. The first-order valence-electron chi connectivity index (χ1n) is 10.4. The summed E-state index contributed by atoms with van der Waals surface area (Å²) in [5.74, 6) is 0.261. The SMILES string of the molecule is O=C(CSc1nnc(-c2ccccc2F)n1CCc1ccccc1)NCC1CCCO1. The number of carbonyl (C=O) groups excluding carboxylic acids is 1. The maximum Gasteiger partial charge on any atom is 0.230 e. The molecular weight excluding hydrogens is 415 g/mol. The molecule has 1 aromatic heterocycles. The molecule has 0 bridgehead atoms. The Labute approximate surface area is 185 Å². The number of carbonyl (C=O) groups is 1. The van der Waals surface area contributed by atoms with E-state index < -0.39 is 0 Å². The van der Waals surface area contributed by atoms with E-state index in [-0.39, 0.29) is 23.6 Å². The summed E-state index contributed by atoms with van der Waals surface area (Å²) < 4.78 is 21.9. The number of rotatable bonds is 9. The molecule has 1 amide bonds. The number of nitrogens with one attached hydrogen (secondary N) is 1. The van der Waals surface area contributed by atoms with Crippen LogP contribution in [0.15, 0.2) is 59.8 Å². The van der Waals surface area contributed by atoms with Gasteiger partial charge in [0, 0.05) is 19.7 Å². The Balaban J connectivity index is 1.46. The zero-order valence-corrected chi connectivity index (χ0v) is 18.0. The summed E-state index contributed by atoms with van der Waals surface area (Å²) in [5, 5.41) is 12.0. The van der Waals surface area contributed by atoms with Crippen molar-refractivity contribution in [3.8, 4) is 11.4 Å². The van der Waals surface area contributed by atoms with E-state index in [0.29, 0.717) is 29.6 Å². The molecule has 3 aromatic rings. The molecule has 4 rings (SSSR count). The summed E-state index contributed by atoms with van der Waals surface area (Å²) in [4.78, 5) is 12.3. The van der Waals surface area contributed by atoms with Crippen LogP contribution in [0, 0.1) is 5.82 Å². The lowest BCUT2D eigenvalue weighted by Gasteiger charge is -2.12. The number of benzene rings is 2. The fourth-order valence-corrected chi connectivity index (χ4v) is 4.33. The van der Waals surface area contributed by atoms with Crippen LogP contribution in [0.1, 0.15) is 18.4 Å². The van der Waals surface area contributed by atoms with E-state index in [2.05, 4.69) is 27.6 Å². The molecule has 1 aliphatic rings. The van der Waals surface area contributed by atoms with Crippen LogP contribution in [0.2, 0.25) is 0 Å². The molecule has 1 fully saturated rings. The molecule has 0 radical (unpaired) electrons. The fourth-order valence-electron chi connectivity index (χ4n) is 3.54. The molecule has 8 heteroatoms. The Kier molecular flexibility index (Phi) is 7.32. The van der Waals surface area contributed by atoms with E-state index in [1.807, 2.05) is 22.8 Å². The van der Waals surface area contributed by atoms with Crippen LogP contribution in [0.3, 0.4) is 0 Å². The van der Waals surface area contributed by atoms with Crippen molar-refractivity contribution < 1.29 is 13.9 Å². The normalized spacial score (nSPS) is 15.8. The largest absolute Gasteiger partial charge is 0.376 e. The van der Waals surface area contributed by atoms with E-state index in [0.717, 1.165) is 25.9 Å². The third kappa shape index (κ3) is 5.71. The van der Waals surface area contributed by atoms with Gasteiger partial charge in [0.1, 0.15) is 5.82 Å². The first-order chi connectivity index (χ1) is 15.2. The summed E-state index contributed by atoms with van der Waals surface area (Å²) in [6.45, 7) is 1.87. The maximum absolute atomic E-state index is 14.4. The zero-order chi connectivity index (χ0) is 21.5. The average molecular weight is 441 g/mol. The highest BCUT2D eigenvalue weighted by Gasteiger charge is 2.19. The number of nitrogens with zero attached hydrogens (tertiary/aromatic N) is 3. The fraction of sp³-hybridized carbons (Fsp3) is 0.348. The monoisotopic (exact) mass is 440 g/mol. The van der Waals surface area contributed by atoms with E-state index in [4.69, 9.17) is 4.74 Å². The van der Waals surface area contributed by atoms with Gasteiger partial charge in [-0.05, 0) is 37.0 Å². The smallest absolute Gasteiger partial charge is 0.230 e. The van der Waals surface area contributed by atoms with Crippen molar-refractivity contribution in [1.29, 1.82) is 0 Å². The number of hydrogen-bond acceptors (Lipinski definition) is 5. The average Bonchev–Trinajstić information content (AvgIpc) is 3.46. The molecule has 6 nitrogen and oxygen atoms in total.